The number of pyridine rings is 2. The summed E-state index contributed by atoms with van der Waals surface area (Å²) in [5.41, 5.74) is -0.604. The zero-order chi connectivity index (χ0) is 21.5. The minimum Gasteiger partial charge on any atom is -0.345 e. The summed E-state index contributed by atoms with van der Waals surface area (Å²) in [5.74, 6) is 0.0674. The third kappa shape index (κ3) is 3.45. The molecule has 0 saturated heterocycles. The van der Waals surface area contributed by atoms with E-state index in [-0.39, 0.29) is 34.8 Å². The van der Waals surface area contributed by atoms with E-state index in [0.29, 0.717) is 5.82 Å². The largest absolute Gasteiger partial charge is 0.345 e. The first kappa shape index (κ1) is 18.7. The Labute approximate surface area is 173 Å². The van der Waals surface area contributed by atoms with Crippen LogP contribution in [0.1, 0.15) is 16.9 Å². The lowest BCUT2D eigenvalue weighted by molar-refractivity contribution is 0.0940. The van der Waals surface area contributed by atoms with Gasteiger partial charge in [-0.2, -0.15) is 0 Å². The van der Waals surface area contributed by atoms with Crippen LogP contribution in [0, 0.1) is 0 Å². The first-order valence-electron chi connectivity index (χ1n) is 9.47. The summed E-state index contributed by atoms with van der Waals surface area (Å²) >= 11 is 0. The fraction of sp³-hybridized carbons (Fsp3) is 0.150. The highest BCUT2D eigenvalue weighted by atomic mass is 19.1. The number of nitrogens with one attached hydrogen (secondary N) is 3. The van der Waals surface area contributed by atoms with Gasteiger partial charge < -0.3 is 10.6 Å². The Morgan fingerprint density at radius 2 is 2.03 bits per heavy atom. The van der Waals surface area contributed by atoms with E-state index in [0.717, 1.165) is 0 Å². The summed E-state index contributed by atoms with van der Waals surface area (Å²) in [6, 6.07) is 9.12. The molecule has 0 aromatic carbocycles. The molecular formula is C20H16FN7O3. The standard InChI is InChI=1S/C20H16FN7O3/c21-11-8-13(11)25-19(30)14-10-23-18-15(29)9-16(26-28(14)18)24-12-4-3-7-27(20(12)31)17-5-1-2-6-22-17/h1-7,9-11,13,24,26H,8H2,(H,25,30)/t11-,13+/m0/s1. The van der Waals surface area contributed by atoms with Crippen LogP contribution in [-0.2, 0) is 0 Å². The molecule has 31 heavy (non-hydrogen) atoms. The molecule has 156 valence electrons. The molecule has 0 aliphatic heterocycles. The number of aromatic amines is 1. The molecule has 5 rings (SSSR count). The van der Waals surface area contributed by atoms with Crippen molar-refractivity contribution in [1.82, 2.24) is 29.5 Å². The monoisotopic (exact) mass is 421 g/mol. The van der Waals surface area contributed by atoms with Crippen molar-refractivity contribution in [3.05, 3.63) is 81.3 Å². The van der Waals surface area contributed by atoms with Crippen LogP contribution < -0.4 is 21.6 Å². The molecule has 3 N–H and O–H groups in total. The summed E-state index contributed by atoms with van der Waals surface area (Å²) in [6.45, 7) is 0. The van der Waals surface area contributed by atoms with E-state index in [9.17, 15) is 18.8 Å². The van der Waals surface area contributed by atoms with Crippen LogP contribution in [0.15, 0.2) is 64.6 Å². The number of alkyl halides is 1. The second-order valence-corrected chi connectivity index (χ2v) is 7.08. The quantitative estimate of drug-likeness (QED) is 0.444. The molecule has 1 amide bonds. The molecule has 11 heteroatoms. The highest BCUT2D eigenvalue weighted by Crippen LogP contribution is 2.25. The minimum atomic E-state index is -1.06. The molecule has 4 aromatic heterocycles. The minimum absolute atomic E-state index is 0.00209. The number of anilines is 2. The maximum Gasteiger partial charge on any atom is 0.279 e. The van der Waals surface area contributed by atoms with E-state index in [1.165, 1.54) is 21.3 Å². The number of carbonyl (C=O) groups excluding carboxylic acids is 1. The lowest BCUT2D eigenvalue weighted by Crippen LogP contribution is -2.29. The molecule has 1 saturated carbocycles. The van der Waals surface area contributed by atoms with E-state index < -0.39 is 23.5 Å². The van der Waals surface area contributed by atoms with Gasteiger partial charge in [0.2, 0.25) is 11.1 Å². The Balaban J connectivity index is 1.50. The number of nitrogens with zero attached hydrogens (tertiary/aromatic N) is 4. The number of rotatable bonds is 5. The molecule has 0 radical (unpaired) electrons. The van der Waals surface area contributed by atoms with Crippen LogP contribution >= 0.6 is 0 Å². The van der Waals surface area contributed by atoms with Gasteiger partial charge in [0.05, 0.1) is 12.2 Å². The van der Waals surface area contributed by atoms with Gasteiger partial charge in [-0.15, -0.1) is 0 Å². The van der Waals surface area contributed by atoms with Crippen LogP contribution in [0.25, 0.3) is 11.5 Å². The molecule has 0 spiro atoms. The molecular weight excluding hydrogens is 405 g/mol. The van der Waals surface area contributed by atoms with Crippen LogP contribution in [0.2, 0.25) is 0 Å². The van der Waals surface area contributed by atoms with Gasteiger partial charge in [-0.25, -0.2) is 18.9 Å². The molecule has 1 aliphatic carbocycles. The molecule has 10 nitrogen and oxygen atoms in total. The van der Waals surface area contributed by atoms with E-state index >= 15 is 0 Å². The maximum atomic E-state index is 13.1. The number of fused-ring (bicyclic) bond motifs is 1. The number of carbonyl (C=O) groups is 1. The van der Waals surface area contributed by atoms with E-state index in [2.05, 4.69) is 25.7 Å². The number of aromatic nitrogens is 5. The van der Waals surface area contributed by atoms with Crippen molar-refractivity contribution in [3.63, 3.8) is 0 Å². The summed E-state index contributed by atoms with van der Waals surface area (Å²) in [6.07, 6.45) is 3.60. The van der Waals surface area contributed by atoms with Crippen molar-refractivity contribution < 1.29 is 9.18 Å². The highest BCUT2D eigenvalue weighted by molar-refractivity contribution is 5.93. The van der Waals surface area contributed by atoms with Crippen molar-refractivity contribution in [2.75, 3.05) is 5.32 Å². The fourth-order valence-electron chi connectivity index (χ4n) is 3.18. The SMILES string of the molecule is O=C(N[C@@H]1C[C@@H]1F)c1cnc2c(=O)cc(Nc3cccn(-c4ccccn4)c3=O)[nH]n12. The second-order valence-electron chi connectivity index (χ2n) is 7.08. The summed E-state index contributed by atoms with van der Waals surface area (Å²) in [7, 11) is 0. The Morgan fingerprint density at radius 3 is 2.77 bits per heavy atom. The number of hydrogen-bond donors (Lipinski definition) is 3. The van der Waals surface area contributed by atoms with Crippen molar-refractivity contribution in [2.45, 2.75) is 18.6 Å². The molecule has 0 bridgehead atoms. The van der Waals surface area contributed by atoms with E-state index in [4.69, 9.17) is 0 Å². The molecule has 1 fully saturated rings. The Kier molecular flexibility index (Phi) is 4.35. The lowest BCUT2D eigenvalue weighted by Gasteiger charge is -2.10. The number of hydrogen-bond acceptors (Lipinski definition) is 6. The predicted molar refractivity (Wildman–Crippen MR) is 110 cm³/mol. The lowest BCUT2D eigenvalue weighted by atomic mass is 10.3. The van der Waals surface area contributed by atoms with Gasteiger partial charge in [0.15, 0.2) is 0 Å². The average Bonchev–Trinajstić information content (AvgIpc) is 3.28. The third-order valence-corrected chi connectivity index (χ3v) is 4.86. The van der Waals surface area contributed by atoms with Gasteiger partial charge in [0, 0.05) is 24.9 Å². The van der Waals surface area contributed by atoms with Crippen molar-refractivity contribution >= 4 is 23.1 Å². The Hall–Kier alpha value is -4.28. The summed E-state index contributed by atoms with van der Waals surface area (Å²) in [5, 5.41) is 8.28. The van der Waals surface area contributed by atoms with Crippen LogP contribution in [0.3, 0.4) is 0 Å². The summed E-state index contributed by atoms with van der Waals surface area (Å²) in [4.78, 5) is 45.9. The molecule has 4 aromatic rings. The van der Waals surface area contributed by atoms with Crippen molar-refractivity contribution in [3.8, 4) is 5.82 Å². The first-order valence-corrected chi connectivity index (χ1v) is 9.47. The molecule has 0 unspecified atom stereocenters. The highest BCUT2D eigenvalue weighted by Gasteiger charge is 2.39. The van der Waals surface area contributed by atoms with Crippen LogP contribution in [-0.4, -0.2) is 42.3 Å². The van der Waals surface area contributed by atoms with Crippen molar-refractivity contribution in [2.24, 2.45) is 0 Å². The Morgan fingerprint density at radius 1 is 1.19 bits per heavy atom. The van der Waals surface area contributed by atoms with Gasteiger partial charge >= 0.3 is 0 Å². The zero-order valence-electron chi connectivity index (χ0n) is 15.9. The second kappa shape index (κ2) is 7.20. The maximum absolute atomic E-state index is 13.1. The van der Waals surface area contributed by atoms with E-state index in [1.807, 2.05) is 0 Å². The Bertz CT molecular complexity index is 1410. The number of H-pyrrole nitrogens is 1. The first-order chi connectivity index (χ1) is 15.0. The predicted octanol–water partition coefficient (Wildman–Crippen LogP) is 1.15. The number of imidazole rings is 1. The van der Waals surface area contributed by atoms with Gasteiger partial charge in [0.1, 0.15) is 29.2 Å². The van der Waals surface area contributed by atoms with Gasteiger partial charge in [-0.1, -0.05) is 6.07 Å². The van der Waals surface area contributed by atoms with Gasteiger partial charge in [0.25, 0.3) is 11.5 Å². The van der Waals surface area contributed by atoms with Gasteiger partial charge in [-0.05, 0) is 24.3 Å². The van der Waals surface area contributed by atoms with Crippen LogP contribution in [0.4, 0.5) is 15.9 Å². The van der Waals surface area contributed by atoms with Crippen LogP contribution in [0.5, 0.6) is 0 Å². The van der Waals surface area contributed by atoms with E-state index in [1.54, 1.807) is 42.7 Å². The topological polar surface area (TPSA) is 126 Å². The zero-order valence-corrected chi connectivity index (χ0v) is 15.9. The molecule has 2 atom stereocenters. The molecule has 1 aliphatic rings. The fourth-order valence-corrected chi connectivity index (χ4v) is 3.18. The number of halogens is 1. The smallest absolute Gasteiger partial charge is 0.279 e. The average molecular weight is 421 g/mol. The summed E-state index contributed by atoms with van der Waals surface area (Å²) < 4.78 is 15.7. The molecule has 4 heterocycles. The van der Waals surface area contributed by atoms with Crippen molar-refractivity contribution in [1.29, 1.82) is 0 Å². The number of amides is 1. The normalized spacial score (nSPS) is 17.5. The van der Waals surface area contributed by atoms with Gasteiger partial charge in [-0.3, -0.25) is 24.0 Å². The third-order valence-electron chi connectivity index (χ3n) is 4.86.